The Balaban J connectivity index is 1.46. The number of unbranched alkanes of at least 4 members (excludes halogenated alkanes) is 1. The number of hydrogen-bond acceptors (Lipinski definition) is 5. The zero-order valence-corrected chi connectivity index (χ0v) is 17.7. The van der Waals surface area contributed by atoms with E-state index in [1.54, 1.807) is 18.2 Å². The molecule has 9 nitrogen and oxygen atoms in total. The fourth-order valence-electron chi connectivity index (χ4n) is 3.53. The number of carbonyl (C=O) groups excluding carboxylic acids is 1. The van der Waals surface area contributed by atoms with E-state index in [1.165, 1.54) is 4.68 Å². The zero-order valence-electron chi connectivity index (χ0n) is 17.7. The van der Waals surface area contributed by atoms with Crippen molar-refractivity contribution in [1.82, 2.24) is 19.7 Å². The fraction of sp³-hybridized carbons (Fsp3) is 0.364. The maximum atomic E-state index is 12.5. The van der Waals surface area contributed by atoms with Gasteiger partial charge in [-0.15, -0.1) is 0 Å². The second-order valence-electron chi connectivity index (χ2n) is 7.56. The summed E-state index contributed by atoms with van der Waals surface area (Å²) in [5.74, 6) is 1.47. The summed E-state index contributed by atoms with van der Waals surface area (Å²) in [7, 11) is 0. The summed E-state index contributed by atoms with van der Waals surface area (Å²) >= 11 is 0. The molecule has 2 heterocycles. The number of nitrogens with zero attached hydrogens (tertiary/aromatic N) is 3. The normalized spacial score (nSPS) is 12.5. The molecule has 0 spiro atoms. The molecule has 3 aromatic rings. The first-order valence-electron chi connectivity index (χ1n) is 10.5. The first-order chi connectivity index (χ1) is 15.0. The van der Waals surface area contributed by atoms with Gasteiger partial charge in [-0.2, -0.15) is 9.78 Å². The zero-order chi connectivity index (χ0) is 21.8. The number of amides is 2. The van der Waals surface area contributed by atoms with Crippen molar-refractivity contribution in [2.24, 2.45) is 0 Å². The van der Waals surface area contributed by atoms with E-state index in [-0.39, 0.29) is 5.56 Å². The van der Waals surface area contributed by atoms with Crippen LogP contribution in [-0.2, 0) is 12.8 Å². The molecule has 1 aliphatic rings. The Morgan fingerprint density at radius 1 is 1.23 bits per heavy atom. The third-order valence-corrected chi connectivity index (χ3v) is 5.08. The number of aryl methyl sites for hydroxylation is 2. The van der Waals surface area contributed by atoms with Gasteiger partial charge in [-0.05, 0) is 56.9 Å². The van der Waals surface area contributed by atoms with Crippen molar-refractivity contribution in [3.8, 4) is 11.7 Å². The average molecular weight is 422 g/mol. The van der Waals surface area contributed by atoms with E-state index < -0.39 is 6.03 Å². The van der Waals surface area contributed by atoms with Gasteiger partial charge in [0.15, 0.2) is 0 Å². The van der Waals surface area contributed by atoms with Crippen LogP contribution in [0, 0.1) is 6.92 Å². The molecule has 0 unspecified atom stereocenters. The molecule has 3 N–H and O–H groups in total. The van der Waals surface area contributed by atoms with Crippen LogP contribution in [0.25, 0.3) is 5.95 Å². The lowest BCUT2D eigenvalue weighted by Crippen LogP contribution is -2.23. The van der Waals surface area contributed by atoms with Crippen LogP contribution in [0.5, 0.6) is 5.75 Å². The van der Waals surface area contributed by atoms with Crippen LogP contribution in [0.15, 0.2) is 35.1 Å². The number of fused-ring (bicyclic) bond motifs is 1. The highest BCUT2D eigenvalue weighted by atomic mass is 16.5. The number of aromatic amines is 1. The van der Waals surface area contributed by atoms with E-state index in [0.29, 0.717) is 29.8 Å². The standard InChI is InChI=1S/C22H26N6O3/c1-3-4-12-31-16-10-8-15(9-11-16)23-22(30)25-19-13-14(2)27-28(19)21-24-18-7-5-6-17(18)20(29)26-21/h8-11,13H,3-7,12H2,1-2H3,(H2,23,25,30)(H,24,26,29). The van der Waals surface area contributed by atoms with Crippen molar-refractivity contribution in [1.29, 1.82) is 0 Å². The summed E-state index contributed by atoms with van der Waals surface area (Å²) in [6, 6.07) is 8.49. The molecular weight excluding hydrogens is 396 g/mol. The van der Waals surface area contributed by atoms with Gasteiger partial charge in [0.05, 0.1) is 18.0 Å². The Kier molecular flexibility index (Phi) is 6.01. The molecule has 9 heteroatoms. The first-order valence-corrected chi connectivity index (χ1v) is 10.5. The highest BCUT2D eigenvalue weighted by Gasteiger charge is 2.20. The molecule has 2 amide bonds. The van der Waals surface area contributed by atoms with Crippen molar-refractivity contribution in [3.05, 3.63) is 57.6 Å². The number of anilines is 2. The van der Waals surface area contributed by atoms with E-state index in [1.807, 2.05) is 19.1 Å². The predicted molar refractivity (Wildman–Crippen MR) is 118 cm³/mol. The summed E-state index contributed by atoms with van der Waals surface area (Å²) in [5.41, 5.74) is 2.70. The molecule has 1 aromatic carbocycles. The van der Waals surface area contributed by atoms with Gasteiger partial charge in [-0.25, -0.2) is 9.78 Å². The number of carbonyl (C=O) groups is 1. The minimum atomic E-state index is -0.427. The lowest BCUT2D eigenvalue weighted by atomic mass is 10.3. The van der Waals surface area contributed by atoms with E-state index in [4.69, 9.17) is 4.74 Å². The van der Waals surface area contributed by atoms with Crippen molar-refractivity contribution in [2.45, 2.75) is 46.0 Å². The number of H-pyrrole nitrogens is 1. The Bertz CT molecular complexity index is 1130. The maximum Gasteiger partial charge on any atom is 0.324 e. The number of benzene rings is 1. The van der Waals surface area contributed by atoms with Gasteiger partial charge in [0, 0.05) is 17.3 Å². The molecule has 0 saturated carbocycles. The topological polar surface area (TPSA) is 114 Å². The van der Waals surface area contributed by atoms with Gasteiger partial charge in [0.2, 0.25) is 5.95 Å². The summed E-state index contributed by atoms with van der Waals surface area (Å²) in [6.07, 6.45) is 4.51. The lowest BCUT2D eigenvalue weighted by molar-refractivity contribution is 0.262. The number of ether oxygens (including phenoxy) is 1. The molecule has 0 radical (unpaired) electrons. The van der Waals surface area contributed by atoms with Crippen molar-refractivity contribution < 1.29 is 9.53 Å². The third kappa shape index (κ3) is 4.76. The minimum Gasteiger partial charge on any atom is -0.494 e. The number of hydrogen-bond donors (Lipinski definition) is 3. The van der Waals surface area contributed by atoms with E-state index in [9.17, 15) is 9.59 Å². The van der Waals surface area contributed by atoms with Gasteiger partial charge in [-0.1, -0.05) is 13.3 Å². The maximum absolute atomic E-state index is 12.5. The first kappa shape index (κ1) is 20.6. The molecule has 162 valence electrons. The fourth-order valence-corrected chi connectivity index (χ4v) is 3.53. The molecule has 4 rings (SSSR count). The number of rotatable bonds is 7. The summed E-state index contributed by atoms with van der Waals surface area (Å²) in [5, 5.41) is 9.95. The van der Waals surface area contributed by atoms with Crippen LogP contribution < -0.4 is 20.9 Å². The highest BCUT2D eigenvalue weighted by molar-refractivity contribution is 5.99. The predicted octanol–water partition coefficient (Wildman–Crippen LogP) is 3.58. The van der Waals surface area contributed by atoms with Crippen LogP contribution >= 0.6 is 0 Å². The number of nitrogens with one attached hydrogen (secondary N) is 3. The summed E-state index contributed by atoms with van der Waals surface area (Å²) in [6.45, 7) is 4.59. The van der Waals surface area contributed by atoms with Gasteiger partial charge in [0.25, 0.3) is 5.56 Å². The highest BCUT2D eigenvalue weighted by Crippen LogP contribution is 2.20. The quantitative estimate of drug-likeness (QED) is 0.504. The summed E-state index contributed by atoms with van der Waals surface area (Å²) < 4.78 is 7.08. The molecule has 0 aliphatic heterocycles. The summed E-state index contributed by atoms with van der Waals surface area (Å²) in [4.78, 5) is 32.2. The molecule has 31 heavy (non-hydrogen) atoms. The number of aromatic nitrogens is 4. The third-order valence-electron chi connectivity index (χ3n) is 5.08. The van der Waals surface area contributed by atoms with Crippen molar-refractivity contribution in [2.75, 3.05) is 17.2 Å². The lowest BCUT2D eigenvalue weighted by Gasteiger charge is -2.11. The van der Waals surface area contributed by atoms with Gasteiger partial charge < -0.3 is 10.1 Å². The Morgan fingerprint density at radius 2 is 2.03 bits per heavy atom. The molecule has 0 saturated heterocycles. The van der Waals surface area contributed by atoms with Crippen LogP contribution in [0.1, 0.15) is 43.1 Å². The largest absolute Gasteiger partial charge is 0.494 e. The monoisotopic (exact) mass is 422 g/mol. The Morgan fingerprint density at radius 3 is 2.81 bits per heavy atom. The average Bonchev–Trinajstić information content (AvgIpc) is 3.36. The van der Waals surface area contributed by atoms with Crippen LogP contribution in [0.2, 0.25) is 0 Å². The van der Waals surface area contributed by atoms with Gasteiger partial charge in [-0.3, -0.25) is 15.1 Å². The van der Waals surface area contributed by atoms with Crippen LogP contribution in [-0.4, -0.2) is 32.4 Å². The van der Waals surface area contributed by atoms with Crippen LogP contribution in [0.4, 0.5) is 16.3 Å². The SMILES string of the molecule is CCCCOc1ccc(NC(=O)Nc2cc(C)nn2-c2nc3c(c(=O)[nH]2)CCC3)cc1. The van der Waals surface area contributed by atoms with Gasteiger partial charge >= 0.3 is 6.03 Å². The van der Waals surface area contributed by atoms with Crippen molar-refractivity contribution in [3.63, 3.8) is 0 Å². The molecule has 0 fully saturated rings. The molecule has 0 atom stereocenters. The van der Waals surface area contributed by atoms with Crippen molar-refractivity contribution >= 4 is 17.5 Å². The number of urea groups is 1. The Labute approximate surface area is 179 Å². The van der Waals surface area contributed by atoms with E-state index in [0.717, 1.165) is 49.1 Å². The molecule has 1 aliphatic carbocycles. The minimum absolute atomic E-state index is 0.151. The Hall–Kier alpha value is -3.62. The second kappa shape index (κ2) is 9.03. The van der Waals surface area contributed by atoms with Crippen LogP contribution in [0.3, 0.4) is 0 Å². The van der Waals surface area contributed by atoms with E-state index in [2.05, 4.69) is 32.6 Å². The van der Waals surface area contributed by atoms with E-state index >= 15 is 0 Å². The van der Waals surface area contributed by atoms with Gasteiger partial charge in [0.1, 0.15) is 11.6 Å². The molecule has 0 bridgehead atoms. The smallest absolute Gasteiger partial charge is 0.324 e. The molecule has 2 aromatic heterocycles. The second-order valence-corrected chi connectivity index (χ2v) is 7.56. The molecular formula is C22H26N6O3.